The Morgan fingerprint density at radius 3 is 2.78 bits per heavy atom. The summed E-state index contributed by atoms with van der Waals surface area (Å²) in [5.74, 6) is 0.661. The summed E-state index contributed by atoms with van der Waals surface area (Å²) < 4.78 is 19.0. The van der Waals surface area contributed by atoms with Crippen LogP contribution in [0.1, 0.15) is 12.7 Å². The van der Waals surface area contributed by atoms with Gasteiger partial charge in [-0.15, -0.1) is 0 Å². The van der Waals surface area contributed by atoms with Gasteiger partial charge >= 0.3 is 0 Å². The Morgan fingerprint density at radius 2 is 2.11 bits per heavy atom. The standard InChI is InChI=1S/C13H14FN3O/c1-3-12-16-9(7-11(15)17-12)8-5-4-6-10(18-2)13(8)14/h4-7H,3H2,1-2H3,(H2,15,16,17). The first-order valence-electron chi connectivity index (χ1n) is 5.62. The zero-order valence-corrected chi connectivity index (χ0v) is 10.3. The lowest BCUT2D eigenvalue weighted by Gasteiger charge is -2.08. The average molecular weight is 247 g/mol. The fourth-order valence-corrected chi connectivity index (χ4v) is 1.68. The van der Waals surface area contributed by atoms with Crippen molar-refractivity contribution in [3.63, 3.8) is 0 Å². The van der Waals surface area contributed by atoms with E-state index in [1.807, 2.05) is 6.92 Å². The number of hydrogen-bond donors (Lipinski definition) is 1. The number of nitrogen functional groups attached to an aromatic ring is 1. The van der Waals surface area contributed by atoms with Crippen LogP contribution in [0.3, 0.4) is 0 Å². The molecule has 0 spiro atoms. The normalized spacial score (nSPS) is 10.4. The zero-order valence-electron chi connectivity index (χ0n) is 10.3. The van der Waals surface area contributed by atoms with Crippen LogP contribution in [0.15, 0.2) is 24.3 Å². The summed E-state index contributed by atoms with van der Waals surface area (Å²) in [7, 11) is 1.42. The summed E-state index contributed by atoms with van der Waals surface area (Å²) in [5.41, 5.74) is 6.52. The number of rotatable bonds is 3. The lowest BCUT2D eigenvalue weighted by atomic mass is 10.1. The van der Waals surface area contributed by atoms with Gasteiger partial charge < -0.3 is 10.5 Å². The topological polar surface area (TPSA) is 61.0 Å². The summed E-state index contributed by atoms with van der Waals surface area (Å²) in [4.78, 5) is 8.33. The summed E-state index contributed by atoms with van der Waals surface area (Å²) in [6, 6.07) is 6.46. The molecule has 0 atom stereocenters. The van der Waals surface area contributed by atoms with Crippen LogP contribution in [-0.2, 0) is 6.42 Å². The number of methoxy groups -OCH3 is 1. The first kappa shape index (κ1) is 12.3. The third kappa shape index (κ3) is 2.25. The highest BCUT2D eigenvalue weighted by molar-refractivity contribution is 5.64. The summed E-state index contributed by atoms with van der Waals surface area (Å²) in [6.45, 7) is 1.92. The fraction of sp³-hybridized carbons (Fsp3) is 0.231. The molecule has 94 valence electrons. The molecule has 5 heteroatoms. The van der Waals surface area contributed by atoms with Crippen LogP contribution in [0.25, 0.3) is 11.3 Å². The molecule has 2 rings (SSSR count). The summed E-state index contributed by atoms with van der Waals surface area (Å²) in [5, 5.41) is 0. The predicted molar refractivity (Wildman–Crippen MR) is 67.8 cm³/mol. The molecule has 0 saturated heterocycles. The Labute approximate surface area is 105 Å². The average Bonchev–Trinajstić information content (AvgIpc) is 2.38. The molecule has 0 fully saturated rings. The van der Waals surface area contributed by atoms with Crippen LogP contribution < -0.4 is 10.5 Å². The van der Waals surface area contributed by atoms with E-state index in [1.165, 1.54) is 7.11 Å². The number of nitrogens with two attached hydrogens (primary N) is 1. The smallest absolute Gasteiger partial charge is 0.174 e. The minimum absolute atomic E-state index is 0.183. The number of halogens is 1. The van der Waals surface area contributed by atoms with Gasteiger partial charge in [0.05, 0.1) is 12.8 Å². The van der Waals surface area contributed by atoms with Crippen LogP contribution in [0.4, 0.5) is 10.2 Å². The van der Waals surface area contributed by atoms with Gasteiger partial charge in [0, 0.05) is 18.1 Å². The zero-order chi connectivity index (χ0) is 13.1. The van der Waals surface area contributed by atoms with Crippen LogP contribution in [-0.4, -0.2) is 17.1 Å². The number of ether oxygens (including phenoxy) is 1. The molecule has 1 aromatic carbocycles. The van der Waals surface area contributed by atoms with Gasteiger partial charge in [-0.1, -0.05) is 13.0 Å². The van der Waals surface area contributed by atoms with E-state index in [0.29, 0.717) is 29.3 Å². The van der Waals surface area contributed by atoms with Gasteiger partial charge in [0.2, 0.25) is 0 Å². The molecule has 0 amide bonds. The van der Waals surface area contributed by atoms with Crippen molar-refractivity contribution in [3.05, 3.63) is 35.9 Å². The van der Waals surface area contributed by atoms with Crippen molar-refractivity contribution in [2.45, 2.75) is 13.3 Å². The first-order chi connectivity index (χ1) is 8.65. The second-order valence-electron chi connectivity index (χ2n) is 3.77. The minimum atomic E-state index is -0.444. The van der Waals surface area contributed by atoms with Gasteiger partial charge in [-0.05, 0) is 12.1 Å². The van der Waals surface area contributed by atoms with Gasteiger partial charge in [-0.25, -0.2) is 14.4 Å². The largest absolute Gasteiger partial charge is 0.494 e. The van der Waals surface area contributed by atoms with E-state index in [-0.39, 0.29) is 5.75 Å². The molecule has 0 bridgehead atoms. The van der Waals surface area contributed by atoms with Crippen molar-refractivity contribution in [2.24, 2.45) is 0 Å². The van der Waals surface area contributed by atoms with Crippen LogP contribution >= 0.6 is 0 Å². The van der Waals surface area contributed by atoms with Crippen molar-refractivity contribution in [2.75, 3.05) is 12.8 Å². The van der Waals surface area contributed by atoms with Crippen molar-refractivity contribution in [3.8, 4) is 17.0 Å². The lowest BCUT2D eigenvalue weighted by Crippen LogP contribution is -2.01. The molecule has 0 aliphatic heterocycles. The lowest BCUT2D eigenvalue weighted by molar-refractivity contribution is 0.387. The van der Waals surface area contributed by atoms with E-state index in [2.05, 4.69) is 9.97 Å². The molecule has 1 heterocycles. The van der Waals surface area contributed by atoms with Gasteiger partial charge in [0.1, 0.15) is 11.6 Å². The Bertz CT molecular complexity index is 572. The van der Waals surface area contributed by atoms with Crippen molar-refractivity contribution < 1.29 is 9.13 Å². The molecular formula is C13H14FN3O. The van der Waals surface area contributed by atoms with Gasteiger partial charge in [0.25, 0.3) is 0 Å². The molecule has 2 aromatic rings. The molecule has 0 radical (unpaired) electrons. The van der Waals surface area contributed by atoms with E-state index in [4.69, 9.17) is 10.5 Å². The number of aromatic nitrogens is 2. The van der Waals surface area contributed by atoms with Gasteiger partial charge in [-0.2, -0.15) is 0 Å². The highest BCUT2D eigenvalue weighted by atomic mass is 19.1. The Balaban J connectivity index is 2.58. The summed E-state index contributed by atoms with van der Waals surface area (Å²) >= 11 is 0. The second kappa shape index (κ2) is 5.00. The van der Waals surface area contributed by atoms with Gasteiger partial charge in [0.15, 0.2) is 11.6 Å². The van der Waals surface area contributed by atoms with E-state index >= 15 is 0 Å². The minimum Gasteiger partial charge on any atom is -0.494 e. The Morgan fingerprint density at radius 1 is 1.33 bits per heavy atom. The van der Waals surface area contributed by atoms with Crippen LogP contribution in [0, 0.1) is 5.82 Å². The molecule has 0 unspecified atom stereocenters. The number of aryl methyl sites for hydroxylation is 1. The van der Waals surface area contributed by atoms with E-state index in [9.17, 15) is 4.39 Å². The van der Waals surface area contributed by atoms with E-state index < -0.39 is 5.82 Å². The molecule has 0 saturated carbocycles. The van der Waals surface area contributed by atoms with Crippen molar-refractivity contribution >= 4 is 5.82 Å². The molecule has 18 heavy (non-hydrogen) atoms. The van der Waals surface area contributed by atoms with E-state index in [1.54, 1.807) is 24.3 Å². The molecule has 0 aliphatic rings. The first-order valence-corrected chi connectivity index (χ1v) is 5.62. The molecule has 0 aliphatic carbocycles. The summed E-state index contributed by atoms with van der Waals surface area (Å²) in [6.07, 6.45) is 0.642. The molecule has 2 N–H and O–H groups in total. The quantitative estimate of drug-likeness (QED) is 0.904. The third-order valence-electron chi connectivity index (χ3n) is 2.57. The number of hydrogen-bond acceptors (Lipinski definition) is 4. The third-order valence-corrected chi connectivity index (χ3v) is 2.57. The van der Waals surface area contributed by atoms with Crippen LogP contribution in [0.2, 0.25) is 0 Å². The maximum Gasteiger partial charge on any atom is 0.174 e. The predicted octanol–water partition coefficient (Wildman–Crippen LogP) is 2.44. The van der Waals surface area contributed by atoms with Crippen molar-refractivity contribution in [1.82, 2.24) is 9.97 Å². The Hall–Kier alpha value is -2.17. The number of nitrogens with zero attached hydrogens (tertiary/aromatic N) is 2. The highest BCUT2D eigenvalue weighted by Gasteiger charge is 2.12. The number of benzene rings is 1. The SMILES string of the molecule is CCc1nc(N)cc(-c2cccc(OC)c2F)n1. The maximum atomic E-state index is 14.1. The Kier molecular flexibility index (Phi) is 3.41. The number of anilines is 1. The van der Waals surface area contributed by atoms with Gasteiger partial charge in [-0.3, -0.25) is 0 Å². The monoisotopic (exact) mass is 247 g/mol. The fourth-order valence-electron chi connectivity index (χ4n) is 1.68. The maximum absolute atomic E-state index is 14.1. The second-order valence-corrected chi connectivity index (χ2v) is 3.77. The van der Waals surface area contributed by atoms with E-state index in [0.717, 1.165) is 0 Å². The van der Waals surface area contributed by atoms with Crippen molar-refractivity contribution in [1.29, 1.82) is 0 Å². The molecular weight excluding hydrogens is 233 g/mol. The highest BCUT2D eigenvalue weighted by Crippen LogP contribution is 2.28. The molecule has 4 nitrogen and oxygen atoms in total. The molecule has 1 aromatic heterocycles. The van der Waals surface area contributed by atoms with Crippen LogP contribution in [0.5, 0.6) is 5.75 Å².